The van der Waals surface area contributed by atoms with Crippen LogP contribution >= 0.6 is 0 Å². The van der Waals surface area contributed by atoms with Crippen molar-refractivity contribution >= 4 is 43.8 Å². The first kappa shape index (κ1) is 35.9. The Morgan fingerprint density at radius 1 is 1.00 bits per heavy atom. The van der Waals surface area contributed by atoms with Crippen LogP contribution in [0.25, 0.3) is 10.8 Å². The third kappa shape index (κ3) is 10.5. The number of rotatable bonds is 13. The van der Waals surface area contributed by atoms with Crippen molar-refractivity contribution in [3.05, 3.63) is 78.4 Å². The minimum Gasteiger partial charge on any atom is -0.611 e. The fraction of sp³-hybridized carbons (Fsp3) is 0.486. The van der Waals surface area contributed by atoms with Crippen LogP contribution in [-0.4, -0.2) is 65.6 Å². The van der Waals surface area contributed by atoms with Gasteiger partial charge in [-0.2, -0.15) is 4.72 Å². The first-order valence-electron chi connectivity index (χ1n) is 15.8. The van der Waals surface area contributed by atoms with E-state index in [0.29, 0.717) is 10.8 Å². The van der Waals surface area contributed by atoms with Crippen molar-refractivity contribution < 1.29 is 27.7 Å². The number of carbonyl (C=O) groups excluding carboxylic acids is 2. The molecule has 0 saturated heterocycles. The van der Waals surface area contributed by atoms with Gasteiger partial charge < -0.3 is 20.3 Å². The molecule has 0 bridgehead atoms. The van der Waals surface area contributed by atoms with Gasteiger partial charge in [0.25, 0.3) is 0 Å². The Kier molecular flexibility index (Phi) is 11.9. The molecule has 46 heavy (non-hydrogen) atoms. The van der Waals surface area contributed by atoms with Gasteiger partial charge in [-0.1, -0.05) is 61.5 Å². The summed E-state index contributed by atoms with van der Waals surface area (Å²) in [5.41, 5.74) is 0.491. The molecule has 0 spiro atoms. The molecule has 7 unspecified atom stereocenters. The Hall–Kier alpha value is -2.96. The Morgan fingerprint density at radius 3 is 2.30 bits per heavy atom. The van der Waals surface area contributed by atoms with Crippen LogP contribution < -0.4 is 15.4 Å². The van der Waals surface area contributed by atoms with Gasteiger partial charge in [-0.25, -0.2) is 8.42 Å². The van der Waals surface area contributed by atoms with Crippen LogP contribution in [0.5, 0.6) is 0 Å². The lowest BCUT2D eigenvalue weighted by molar-refractivity contribution is -0.128. The van der Waals surface area contributed by atoms with Gasteiger partial charge in [0.05, 0.1) is 18.4 Å². The molecule has 1 saturated carbocycles. The van der Waals surface area contributed by atoms with Gasteiger partial charge in [-0.05, 0) is 97.9 Å². The first-order chi connectivity index (χ1) is 21.6. The first-order valence-corrected chi connectivity index (χ1v) is 19.0. The molecule has 3 aromatic carbocycles. The van der Waals surface area contributed by atoms with Crippen LogP contribution in [0, 0.1) is 17.8 Å². The number of hydrogen-bond acceptors (Lipinski definition) is 6. The molecule has 2 amide bonds. The van der Waals surface area contributed by atoms with Crippen LogP contribution in [-0.2, 0) is 37.2 Å². The van der Waals surface area contributed by atoms with Crippen LogP contribution in [0.3, 0.4) is 0 Å². The summed E-state index contributed by atoms with van der Waals surface area (Å²) in [6.45, 7) is 7.91. The van der Waals surface area contributed by atoms with E-state index in [0.717, 1.165) is 35.4 Å². The molecule has 0 radical (unpaired) electrons. The molecule has 3 aromatic rings. The van der Waals surface area contributed by atoms with Gasteiger partial charge in [0.15, 0.2) is 4.90 Å². The molecular formula is C35H47N3O6S2. The highest BCUT2D eigenvalue weighted by Crippen LogP contribution is 2.40. The number of aliphatic hydroxyl groups is 1. The molecule has 0 aromatic heterocycles. The van der Waals surface area contributed by atoms with E-state index in [1.54, 1.807) is 12.1 Å². The maximum atomic E-state index is 13.8. The zero-order valence-electron chi connectivity index (χ0n) is 27.2. The Morgan fingerprint density at radius 2 is 1.65 bits per heavy atom. The quantitative estimate of drug-likeness (QED) is 0.203. The molecule has 4 rings (SSSR count). The average Bonchev–Trinajstić information content (AvgIpc) is 3.34. The number of hydrogen-bond donors (Lipinski definition) is 4. The molecular weight excluding hydrogens is 623 g/mol. The van der Waals surface area contributed by atoms with E-state index in [4.69, 9.17) is 0 Å². The summed E-state index contributed by atoms with van der Waals surface area (Å²) < 4.78 is 40.5. The maximum Gasteiger partial charge on any atom is 0.243 e. The van der Waals surface area contributed by atoms with E-state index in [1.165, 1.54) is 0 Å². The molecule has 4 N–H and O–H groups in total. The van der Waals surface area contributed by atoms with E-state index in [1.807, 2.05) is 81.4 Å². The van der Waals surface area contributed by atoms with Gasteiger partial charge in [0.1, 0.15) is 11.8 Å². The van der Waals surface area contributed by atoms with Crippen LogP contribution in [0.1, 0.15) is 52.5 Å². The number of carbonyl (C=O) groups is 2. The Bertz CT molecular complexity index is 1590. The summed E-state index contributed by atoms with van der Waals surface area (Å²) in [4.78, 5) is 27.4. The predicted octanol–water partition coefficient (Wildman–Crippen LogP) is 3.92. The SMILES string of the molecule is CC1CC(CC(O)C(Cc2ccccc2)NC(=O)C(C[S+]([O-])c2ccc3ccccc3c2)NS(C)(=O)=O)C(C(=O)NC(C)(C)C)C1. The molecule has 0 aliphatic heterocycles. The van der Waals surface area contributed by atoms with Crippen molar-refractivity contribution in [3.8, 4) is 0 Å². The second kappa shape index (κ2) is 15.3. The number of nitrogens with one attached hydrogen (secondary N) is 3. The lowest BCUT2D eigenvalue weighted by Gasteiger charge is -2.31. The molecule has 11 heteroatoms. The minimum absolute atomic E-state index is 0.0359. The van der Waals surface area contributed by atoms with Crippen molar-refractivity contribution in [1.82, 2.24) is 15.4 Å². The third-order valence-corrected chi connectivity index (χ3v) is 10.5. The van der Waals surface area contributed by atoms with Crippen molar-refractivity contribution in [2.75, 3.05) is 12.0 Å². The van der Waals surface area contributed by atoms with Crippen molar-refractivity contribution in [1.29, 1.82) is 0 Å². The number of amides is 2. The van der Waals surface area contributed by atoms with Gasteiger partial charge in [0, 0.05) is 17.5 Å². The van der Waals surface area contributed by atoms with E-state index in [2.05, 4.69) is 22.3 Å². The molecule has 1 aliphatic carbocycles. The lowest BCUT2D eigenvalue weighted by Crippen LogP contribution is -2.55. The number of benzene rings is 3. The summed E-state index contributed by atoms with van der Waals surface area (Å²) in [7, 11) is -3.85. The standard InChI is InChI=1S/C35H47N3O6S2/c1-23-17-27(29(18-23)33(40)37-35(2,3)4)21-32(39)30(19-24-11-7-6-8-12-24)36-34(41)31(38-46(5,43)44)22-45(42)28-16-15-25-13-9-10-14-26(25)20-28/h6-16,20,23,27,29-32,38-39H,17-19,21-22H2,1-5H3,(H,36,41)(H,37,40). The van der Waals surface area contributed by atoms with Gasteiger partial charge in [-0.15, -0.1) is 0 Å². The highest BCUT2D eigenvalue weighted by Gasteiger charge is 2.40. The van der Waals surface area contributed by atoms with Crippen LogP contribution in [0.2, 0.25) is 0 Å². The van der Waals surface area contributed by atoms with Gasteiger partial charge in [-0.3, -0.25) is 9.59 Å². The molecule has 250 valence electrons. The number of fused-ring (bicyclic) bond motifs is 1. The predicted molar refractivity (Wildman–Crippen MR) is 183 cm³/mol. The van der Waals surface area contributed by atoms with Crippen molar-refractivity contribution in [2.45, 2.75) is 82.0 Å². The zero-order chi connectivity index (χ0) is 33.6. The summed E-state index contributed by atoms with van der Waals surface area (Å²) in [5, 5.41) is 19.5. The Labute approximate surface area is 276 Å². The smallest absolute Gasteiger partial charge is 0.243 e. The molecule has 7 atom stereocenters. The summed E-state index contributed by atoms with van der Waals surface area (Å²) in [6, 6.07) is 20.2. The van der Waals surface area contributed by atoms with Crippen molar-refractivity contribution in [2.24, 2.45) is 17.8 Å². The average molecular weight is 670 g/mol. The van der Waals surface area contributed by atoms with E-state index in [-0.39, 0.29) is 41.9 Å². The monoisotopic (exact) mass is 669 g/mol. The highest BCUT2D eigenvalue weighted by atomic mass is 32.2. The fourth-order valence-electron chi connectivity index (χ4n) is 6.33. The van der Waals surface area contributed by atoms with Crippen LogP contribution in [0.15, 0.2) is 77.7 Å². The highest BCUT2D eigenvalue weighted by molar-refractivity contribution is 7.91. The molecule has 0 heterocycles. The number of sulfonamides is 1. The largest absolute Gasteiger partial charge is 0.611 e. The zero-order valence-corrected chi connectivity index (χ0v) is 28.9. The molecule has 1 fully saturated rings. The topological polar surface area (TPSA) is 148 Å². The minimum atomic E-state index is -3.85. The van der Waals surface area contributed by atoms with Gasteiger partial charge in [0.2, 0.25) is 21.8 Å². The van der Waals surface area contributed by atoms with Gasteiger partial charge >= 0.3 is 0 Å². The summed E-state index contributed by atoms with van der Waals surface area (Å²) in [6.07, 6.45) is 2.00. The molecule has 9 nitrogen and oxygen atoms in total. The maximum absolute atomic E-state index is 13.8. The fourth-order valence-corrected chi connectivity index (χ4v) is 8.36. The van der Waals surface area contributed by atoms with E-state index < -0.39 is 45.3 Å². The second-order valence-corrected chi connectivity index (χ2v) is 17.0. The second-order valence-electron chi connectivity index (χ2n) is 13.8. The van der Waals surface area contributed by atoms with Crippen molar-refractivity contribution in [3.63, 3.8) is 0 Å². The Balaban J connectivity index is 1.54. The third-order valence-electron chi connectivity index (χ3n) is 8.37. The molecule has 1 aliphatic rings. The van der Waals surface area contributed by atoms with E-state index in [9.17, 15) is 27.7 Å². The normalized spacial score (nSPS) is 21.3. The number of aliphatic hydroxyl groups excluding tert-OH is 1. The van der Waals surface area contributed by atoms with E-state index >= 15 is 0 Å². The lowest BCUT2D eigenvalue weighted by atomic mass is 9.86. The summed E-state index contributed by atoms with van der Waals surface area (Å²) >= 11 is -1.71. The summed E-state index contributed by atoms with van der Waals surface area (Å²) in [5.74, 6) is -1.05. The van der Waals surface area contributed by atoms with Crippen LogP contribution in [0.4, 0.5) is 0 Å².